The van der Waals surface area contributed by atoms with Crippen molar-refractivity contribution in [1.29, 1.82) is 0 Å². The highest BCUT2D eigenvalue weighted by atomic mass is 32.1. The first-order valence-corrected chi connectivity index (χ1v) is 16.2. The van der Waals surface area contributed by atoms with E-state index in [0.717, 1.165) is 48.4 Å². The zero-order valence-corrected chi connectivity index (χ0v) is 26.3. The second-order valence-corrected chi connectivity index (χ2v) is 13.2. The van der Waals surface area contributed by atoms with Crippen LogP contribution in [0.5, 0.6) is 0 Å². The molecule has 1 heterocycles. The van der Waals surface area contributed by atoms with Crippen molar-refractivity contribution in [1.82, 2.24) is 20.5 Å². The van der Waals surface area contributed by atoms with E-state index in [4.69, 9.17) is 10.7 Å². The number of carbonyl (C=O) groups excluding carboxylic acids is 2. The molecule has 0 unspecified atom stereocenters. The van der Waals surface area contributed by atoms with Crippen LogP contribution in [0.1, 0.15) is 81.1 Å². The molecule has 0 spiro atoms. The summed E-state index contributed by atoms with van der Waals surface area (Å²) in [5.41, 5.74) is 9.81. The smallest absolute Gasteiger partial charge is 0.318 e. The number of hydrogen-bond donors (Lipinski definition) is 3. The molecule has 3 amide bonds. The van der Waals surface area contributed by atoms with Gasteiger partial charge in [0.25, 0.3) is 0 Å². The summed E-state index contributed by atoms with van der Waals surface area (Å²) in [7, 11) is 0. The SMILES string of the molecule is CC(C)c1nc(CN(C(=O)N[C@H](C(=O)N[C@H](CC[C@@H](N)Cc2ccccc2)Cc2ccccc2)C(C)C)C2CC2)cs1. The van der Waals surface area contributed by atoms with Gasteiger partial charge in [0, 0.05) is 29.4 Å². The summed E-state index contributed by atoms with van der Waals surface area (Å²) in [5, 5.41) is 9.48. The minimum Gasteiger partial charge on any atom is -0.351 e. The molecule has 0 aliphatic heterocycles. The normalized spacial score (nSPS) is 15.3. The van der Waals surface area contributed by atoms with Crippen molar-refractivity contribution in [2.75, 3.05) is 0 Å². The third kappa shape index (κ3) is 9.66. The number of nitrogens with zero attached hydrogens (tertiary/aromatic N) is 2. The van der Waals surface area contributed by atoms with Gasteiger partial charge < -0.3 is 21.3 Å². The molecule has 0 radical (unpaired) electrons. The van der Waals surface area contributed by atoms with E-state index in [9.17, 15) is 9.59 Å². The number of carbonyl (C=O) groups is 2. The first-order chi connectivity index (χ1) is 20.2. The molecule has 4 rings (SSSR count). The summed E-state index contributed by atoms with van der Waals surface area (Å²) in [5.74, 6) is 0.139. The number of urea groups is 1. The molecule has 0 bridgehead atoms. The van der Waals surface area contributed by atoms with Crippen molar-refractivity contribution >= 4 is 23.3 Å². The second kappa shape index (κ2) is 15.3. The monoisotopic (exact) mass is 589 g/mol. The second-order valence-electron chi connectivity index (χ2n) is 12.3. The molecule has 42 heavy (non-hydrogen) atoms. The van der Waals surface area contributed by atoms with E-state index in [-0.39, 0.29) is 36.0 Å². The fourth-order valence-corrected chi connectivity index (χ4v) is 6.01. The lowest BCUT2D eigenvalue weighted by Crippen LogP contribution is -2.55. The molecule has 2 aromatic carbocycles. The zero-order chi connectivity index (χ0) is 30.1. The standard InChI is InChI=1S/C34H47N5O2S/c1-23(2)31(38-34(41)39(30-17-18-30)21-29-22-42-33(37-29)24(3)4)32(40)36-28(20-26-13-9-6-10-14-26)16-15-27(35)19-25-11-7-5-8-12-25/h5-14,22-24,27-28,30-31H,15-21,35H2,1-4H3,(H,36,40)(H,38,41)/t27-,28-,31+/m1/s1. The molecular weight excluding hydrogens is 542 g/mol. The number of thiazole rings is 1. The number of amides is 3. The maximum atomic E-state index is 13.7. The van der Waals surface area contributed by atoms with Crippen LogP contribution in [0, 0.1) is 5.92 Å². The highest BCUT2D eigenvalue weighted by Crippen LogP contribution is 2.29. The number of nitrogens with one attached hydrogen (secondary N) is 2. The number of rotatable bonds is 15. The Morgan fingerprint density at radius 2 is 1.55 bits per heavy atom. The maximum absolute atomic E-state index is 13.7. The molecule has 3 aromatic rings. The van der Waals surface area contributed by atoms with Gasteiger partial charge >= 0.3 is 6.03 Å². The Labute approximate surface area is 255 Å². The largest absolute Gasteiger partial charge is 0.351 e. The Bertz CT molecular complexity index is 1260. The predicted octanol–water partition coefficient (Wildman–Crippen LogP) is 6.04. The lowest BCUT2D eigenvalue weighted by atomic mass is 9.95. The fraction of sp³-hybridized carbons (Fsp3) is 0.500. The van der Waals surface area contributed by atoms with Gasteiger partial charge in [0.15, 0.2) is 0 Å². The van der Waals surface area contributed by atoms with Gasteiger partial charge in [-0.1, -0.05) is 88.4 Å². The molecular formula is C34H47N5O2S. The number of benzene rings is 2. The summed E-state index contributed by atoms with van der Waals surface area (Å²) in [6.07, 6.45) is 5.01. The molecule has 1 aromatic heterocycles. The van der Waals surface area contributed by atoms with Gasteiger partial charge in [-0.25, -0.2) is 9.78 Å². The van der Waals surface area contributed by atoms with Gasteiger partial charge in [-0.05, 0) is 55.6 Å². The summed E-state index contributed by atoms with van der Waals surface area (Å²) >= 11 is 1.64. The Morgan fingerprint density at radius 3 is 2.10 bits per heavy atom. The zero-order valence-electron chi connectivity index (χ0n) is 25.5. The average Bonchev–Trinajstić information content (AvgIpc) is 3.70. The Morgan fingerprint density at radius 1 is 0.929 bits per heavy atom. The van der Waals surface area contributed by atoms with Crippen LogP contribution in [-0.2, 0) is 24.2 Å². The quantitative estimate of drug-likeness (QED) is 0.201. The molecule has 1 saturated carbocycles. The number of nitrogens with two attached hydrogens (primary N) is 1. The summed E-state index contributed by atoms with van der Waals surface area (Å²) in [4.78, 5) is 33.9. The minimum atomic E-state index is -0.642. The highest BCUT2D eigenvalue weighted by molar-refractivity contribution is 7.09. The van der Waals surface area contributed by atoms with Crippen molar-refractivity contribution < 1.29 is 9.59 Å². The Balaban J connectivity index is 1.40. The lowest BCUT2D eigenvalue weighted by molar-refractivity contribution is -0.124. The summed E-state index contributed by atoms with van der Waals surface area (Å²) in [6, 6.07) is 19.7. The fourth-order valence-electron chi connectivity index (χ4n) is 5.19. The molecule has 1 fully saturated rings. The van der Waals surface area contributed by atoms with Crippen molar-refractivity contribution in [3.63, 3.8) is 0 Å². The van der Waals surface area contributed by atoms with Crippen LogP contribution < -0.4 is 16.4 Å². The molecule has 1 aliphatic carbocycles. The molecule has 7 nitrogen and oxygen atoms in total. The Kier molecular flexibility index (Phi) is 11.5. The summed E-state index contributed by atoms with van der Waals surface area (Å²) < 4.78 is 0. The lowest BCUT2D eigenvalue weighted by Gasteiger charge is -2.29. The molecule has 8 heteroatoms. The van der Waals surface area contributed by atoms with Crippen LogP contribution >= 0.6 is 11.3 Å². The first kappa shape index (κ1) is 31.7. The van der Waals surface area contributed by atoms with Gasteiger partial charge in [0.05, 0.1) is 17.2 Å². The van der Waals surface area contributed by atoms with Crippen molar-refractivity contribution in [3.05, 3.63) is 87.9 Å². The van der Waals surface area contributed by atoms with E-state index in [1.54, 1.807) is 11.3 Å². The van der Waals surface area contributed by atoms with Crippen LogP contribution in [0.15, 0.2) is 66.0 Å². The summed E-state index contributed by atoms with van der Waals surface area (Å²) in [6.45, 7) is 8.67. The molecule has 1 aliphatic rings. The van der Waals surface area contributed by atoms with Gasteiger partial charge in [0.1, 0.15) is 6.04 Å². The topological polar surface area (TPSA) is 100 Å². The van der Waals surface area contributed by atoms with Crippen LogP contribution in [-0.4, -0.2) is 46.0 Å². The van der Waals surface area contributed by atoms with E-state index in [1.165, 1.54) is 5.56 Å². The van der Waals surface area contributed by atoms with E-state index >= 15 is 0 Å². The van der Waals surface area contributed by atoms with E-state index in [0.29, 0.717) is 18.9 Å². The molecule has 3 atom stereocenters. The van der Waals surface area contributed by atoms with E-state index in [2.05, 4.69) is 48.7 Å². The third-order valence-corrected chi connectivity index (χ3v) is 8.96. The van der Waals surface area contributed by atoms with Crippen molar-refractivity contribution in [3.8, 4) is 0 Å². The van der Waals surface area contributed by atoms with Gasteiger partial charge in [-0.2, -0.15) is 0 Å². The van der Waals surface area contributed by atoms with E-state index < -0.39 is 6.04 Å². The average molecular weight is 590 g/mol. The van der Waals surface area contributed by atoms with Crippen LogP contribution in [0.2, 0.25) is 0 Å². The van der Waals surface area contributed by atoms with E-state index in [1.807, 2.05) is 60.5 Å². The molecule has 226 valence electrons. The van der Waals surface area contributed by atoms with Gasteiger partial charge in [-0.15, -0.1) is 11.3 Å². The molecule has 0 saturated heterocycles. The van der Waals surface area contributed by atoms with Crippen LogP contribution in [0.3, 0.4) is 0 Å². The third-order valence-electron chi connectivity index (χ3n) is 7.77. The first-order valence-electron chi connectivity index (χ1n) is 15.3. The van der Waals surface area contributed by atoms with Crippen LogP contribution in [0.25, 0.3) is 0 Å². The Hall–Kier alpha value is -3.23. The van der Waals surface area contributed by atoms with Crippen LogP contribution in [0.4, 0.5) is 4.79 Å². The number of aromatic nitrogens is 1. The predicted molar refractivity (Wildman–Crippen MR) is 171 cm³/mol. The maximum Gasteiger partial charge on any atom is 0.318 e. The van der Waals surface area contributed by atoms with Crippen molar-refractivity contribution in [2.45, 2.75) is 103 Å². The number of hydrogen-bond acceptors (Lipinski definition) is 5. The van der Waals surface area contributed by atoms with Crippen molar-refractivity contribution in [2.24, 2.45) is 11.7 Å². The van der Waals surface area contributed by atoms with Gasteiger partial charge in [-0.3, -0.25) is 4.79 Å². The highest BCUT2D eigenvalue weighted by Gasteiger charge is 2.36. The molecule has 4 N–H and O–H groups in total. The minimum absolute atomic E-state index is 0.00259. The van der Waals surface area contributed by atoms with Gasteiger partial charge in [0.2, 0.25) is 5.91 Å².